The molecule has 1 heterocycles. The monoisotopic (exact) mass is 273 g/mol. The molecule has 1 unspecified atom stereocenters. The second kappa shape index (κ2) is 5.78. The van der Waals surface area contributed by atoms with E-state index >= 15 is 0 Å². The lowest BCUT2D eigenvalue weighted by Gasteiger charge is -2.33. The molecular weight excluding hydrogens is 250 g/mol. The molecule has 20 heavy (non-hydrogen) atoms. The van der Waals surface area contributed by atoms with Gasteiger partial charge in [-0.15, -0.1) is 0 Å². The average molecular weight is 273 g/mol. The number of nitrogens with zero attached hydrogens (tertiary/aromatic N) is 1. The van der Waals surface area contributed by atoms with Gasteiger partial charge in [0.15, 0.2) is 0 Å². The Morgan fingerprint density at radius 2 is 1.85 bits per heavy atom. The normalized spacial score (nSPS) is 19.3. The fraction of sp³-hybridized carbons (Fsp3) is 0.529. The number of amides is 1. The largest absolute Gasteiger partial charge is 0.311 e. The van der Waals surface area contributed by atoms with Crippen LogP contribution in [0.15, 0.2) is 12.1 Å². The third-order valence-corrected chi connectivity index (χ3v) is 4.08. The molecule has 0 spiro atoms. The fourth-order valence-corrected chi connectivity index (χ4v) is 3.24. The maximum atomic E-state index is 12.6. The molecule has 0 saturated carbocycles. The highest BCUT2D eigenvalue weighted by atomic mass is 16.2. The molecule has 1 atom stereocenters. The number of anilines is 1. The highest BCUT2D eigenvalue weighted by molar-refractivity contribution is 6.09. The van der Waals surface area contributed by atoms with E-state index in [2.05, 4.69) is 19.1 Å². The molecule has 0 aromatic heterocycles. The topological polar surface area (TPSA) is 37.4 Å². The molecule has 0 aliphatic carbocycles. The van der Waals surface area contributed by atoms with Crippen LogP contribution in [0.25, 0.3) is 0 Å². The molecule has 1 aliphatic rings. The third kappa shape index (κ3) is 2.62. The smallest absolute Gasteiger partial charge is 0.237 e. The summed E-state index contributed by atoms with van der Waals surface area (Å²) >= 11 is 0. The fourth-order valence-electron chi connectivity index (χ4n) is 3.24. The minimum Gasteiger partial charge on any atom is -0.311 e. The van der Waals surface area contributed by atoms with Crippen LogP contribution in [0.5, 0.6) is 0 Å². The first-order valence-electron chi connectivity index (χ1n) is 7.37. The quantitative estimate of drug-likeness (QED) is 0.792. The van der Waals surface area contributed by atoms with E-state index in [1.165, 1.54) is 5.56 Å². The zero-order chi connectivity index (χ0) is 14.9. The van der Waals surface area contributed by atoms with Gasteiger partial charge in [-0.25, -0.2) is 0 Å². The van der Waals surface area contributed by atoms with Crippen molar-refractivity contribution in [3.8, 4) is 0 Å². The van der Waals surface area contributed by atoms with Crippen LogP contribution in [-0.2, 0) is 9.59 Å². The van der Waals surface area contributed by atoms with Crippen molar-refractivity contribution in [2.45, 2.75) is 47.0 Å². The number of benzene rings is 1. The number of hydrogen-bond acceptors (Lipinski definition) is 2. The SMILES string of the molecule is CCC(=O)C1CCCN(c2c(C)cc(C)cc2C)C1=O. The predicted molar refractivity (Wildman–Crippen MR) is 81.0 cm³/mol. The standard InChI is InChI=1S/C17H23NO2/c1-5-15(19)14-7-6-8-18(17(14)20)16-12(3)9-11(2)10-13(16)4/h9-10,14H,5-8H2,1-4H3. The van der Waals surface area contributed by atoms with Crippen LogP contribution < -0.4 is 4.90 Å². The van der Waals surface area contributed by atoms with Gasteiger partial charge >= 0.3 is 0 Å². The summed E-state index contributed by atoms with van der Waals surface area (Å²) in [6.45, 7) is 8.68. The Morgan fingerprint density at radius 3 is 2.40 bits per heavy atom. The van der Waals surface area contributed by atoms with Crippen LogP contribution >= 0.6 is 0 Å². The Kier molecular flexibility index (Phi) is 4.26. The predicted octanol–water partition coefficient (Wildman–Crippen LogP) is 3.33. The summed E-state index contributed by atoms with van der Waals surface area (Å²) in [6, 6.07) is 4.20. The van der Waals surface area contributed by atoms with Crippen molar-refractivity contribution in [1.29, 1.82) is 0 Å². The Hall–Kier alpha value is -1.64. The summed E-state index contributed by atoms with van der Waals surface area (Å²) < 4.78 is 0. The van der Waals surface area contributed by atoms with Crippen molar-refractivity contribution >= 4 is 17.4 Å². The van der Waals surface area contributed by atoms with Crippen LogP contribution in [0.3, 0.4) is 0 Å². The average Bonchev–Trinajstić information content (AvgIpc) is 2.38. The van der Waals surface area contributed by atoms with Gasteiger partial charge in [-0.3, -0.25) is 9.59 Å². The molecule has 0 bridgehead atoms. The first-order valence-corrected chi connectivity index (χ1v) is 7.37. The number of hydrogen-bond donors (Lipinski definition) is 0. The van der Waals surface area contributed by atoms with Gasteiger partial charge in [-0.05, 0) is 44.7 Å². The van der Waals surface area contributed by atoms with E-state index in [4.69, 9.17) is 0 Å². The zero-order valence-electron chi connectivity index (χ0n) is 12.8. The Bertz CT molecular complexity index is 525. The first kappa shape index (κ1) is 14.8. The van der Waals surface area contributed by atoms with Crippen molar-refractivity contribution in [3.63, 3.8) is 0 Å². The molecule has 2 rings (SSSR count). The van der Waals surface area contributed by atoms with E-state index in [0.717, 1.165) is 29.8 Å². The van der Waals surface area contributed by atoms with Crippen LogP contribution in [-0.4, -0.2) is 18.2 Å². The molecular formula is C17H23NO2. The van der Waals surface area contributed by atoms with Gasteiger partial charge in [-0.2, -0.15) is 0 Å². The minimum absolute atomic E-state index is 0.0156. The number of ketones is 1. The van der Waals surface area contributed by atoms with E-state index in [1.807, 2.05) is 25.7 Å². The summed E-state index contributed by atoms with van der Waals surface area (Å²) in [7, 11) is 0. The van der Waals surface area contributed by atoms with E-state index < -0.39 is 5.92 Å². The minimum atomic E-state index is -0.436. The van der Waals surface area contributed by atoms with E-state index in [9.17, 15) is 9.59 Å². The first-order chi connectivity index (χ1) is 9.45. The highest BCUT2D eigenvalue weighted by Crippen LogP contribution is 2.31. The van der Waals surface area contributed by atoms with E-state index in [0.29, 0.717) is 12.8 Å². The molecule has 1 saturated heterocycles. The number of Topliss-reactive ketones (excluding diaryl/α,β-unsaturated/α-hetero) is 1. The molecule has 0 N–H and O–H groups in total. The summed E-state index contributed by atoms with van der Waals surface area (Å²) in [6.07, 6.45) is 2.04. The van der Waals surface area contributed by atoms with Crippen LogP contribution in [0.1, 0.15) is 42.9 Å². The van der Waals surface area contributed by atoms with Crippen molar-refractivity contribution in [2.75, 3.05) is 11.4 Å². The number of aryl methyl sites for hydroxylation is 3. The van der Waals surface area contributed by atoms with Crippen molar-refractivity contribution in [1.82, 2.24) is 0 Å². The molecule has 108 valence electrons. The molecule has 1 aromatic rings. The lowest BCUT2D eigenvalue weighted by atomic mass is 9.90. The second-order valence-electron chi connectivity index (χ2n) is 5.75. The summed E-state index contributed by atoms with van der Waals surface area (Å²) in [5.41, 5.74) is 4.42. The van der Waals surface area contributed by atoms with E-state index in [-0.39, 0.29) is 11.7 Å². The van der Waals surface area contributed by atoms with Gasteiger partial charge in [-0.1, -0.05) is 24.6 Å². The third-order valence-electron chi connectivity index (χ3n) is 4.08. The van der Waals surface area contributed by atoms with Crippen LogP contribution in [0.2, 0.25) is 0 Å². The van der Waals surface area contributed by atoms with Crippen molar-refractivity contribution < 1.29 is 9.59 Å². The van der Waals surface area contributed by atoms with Crippen LogP contribution in [0, 0.1) is 26.7 Å². The lowest BCUT2D eigenvalue weighted by molar-refractivity contribution is -0.133. The number of carbonyl (C=O) groups is 2. The number of piperidine rings is 1. The summed E-state index contributed by atoms with van der Waals surface area (Å²) in [4.78, 5) is 26.4. The molecule has 1 aromatic carbocycles. The van der Waals surface area contributed by atoms with Crippen molar-refractivity contribution in [3.05, 3.63) is 28.8 Å². The molecule has 1 fully saturated rings. The number of rotatable bonds is 3. The zero-order valence-corrected chi connectivity index (χ0v) is 12.8. The van der Waals surface area contributed by atoms with Crippen molar-refractivity contribution in [2.24, 2.45) is 5.92 Å². The molecule has 1 aliphatic heterocycles. The Morgan fingerprint density at radius 1 is 1.25 bits per heavy atom. The Labute approximate surface area is 121 Å². The van der Waals surface area contributed by atoms with Gasteiger partial charge < -0.3 is 4.90 Å². The summed E-state index contributed by atoms with van der Waals surface area (Å²) in [5, 5.41) is 0. The van der Waals surface area contributed by atoms with E-state index in [1.54, 1.807) is 0 Å². The molecule has 0 radical (unpaired) electrons. The van der Waals surface area contributed by atoms with Gasteiger partial charge in [0.25, 0.3) is 0 Å². The Balaban J connectivity index is 2.38. The molecule has 1 amide bonds. The van der Waals surface area contributed by atoms with Gasteiger partial charge in [0.1, 0.15) is 5.78 Å². The van der Waals surface area contributed by atoms with Crippen LogP contribution in [0.4, 0.5) is 5.69 Å². The summed E-state index contributed by atoms with van der Waals surface area (Å²) in [5.74, 6) is -0.380. The number of carbonyl (C=O) groups excluding carboxylic acids is 2. The maximum absolute atomic E-state index is 12.6. The van der Waals surface area contributed by atoms with Gasteiger partial charge in [0.05, 0.1) is 5.92 Å². The molecule has 3 nitrogen and oxygen atoms in total. The highest BCUT2D eigenvalue weighted by Gasteiger charge is 2.34. The molecule has 3 heteroatoms. The van der Waals surface area contributed by atoms with Gasteiger partial charge in [0, 0.05) is 18.7 Å². The second-order valence-corrected chi connectivity index (χ2v) is 5.75. The maximum Gasteiger partial charge on any atom is 0.237 e. The van der Waals surface area contributed by atoms with Gasteiger partial charge in [0.2, 0.25) is 5.91 Å². The lowest BCUT2D eigenvalue weighted by Crippen LogP contribution is -2.44.